The van der Waals surface area contributed by atoms with Crippen LogP contribution in [0.5, 0.6) is 0 Å². The zero-order valence-electron chi connectivity index (χ0n) is 8.83. The van der Waals surface area contributed by atoms with Crippen molar-refractivity contribution in [1.82, 2.24) is 5.32 Å². The van der Waals surface area contributed by atoms with Crippen molar-refractivity contribution in [3.8, 4) is 0 Å². The first-order valence-corrected chi connectivity index (χ1v) is 5.53. The number of halogens is 1. The van der Waals surface area contributed by atoms with Crippen molar-refractivity contribution in [2.75, 3.05) is 18.0 Å². The molecule has 1 aromatic carbocycles. The van der Waals surface area contributed by atoms with Crippen LogP contribution in [0.15, 0.2) is 18.2 Å². The Kier molecular flexibility index (Phi) is 1.96. The van der Waals surface area contributed by atoms with Crippen LogP contribution in [0, 0.1) is 5.82 Å². The normalized spacial score (nSPS) is 28.8. The Morgan fingerprint density at radius 2 is 2.27 bits per heavy atom. The molecule has 1 saturated heterocycles. The third kappa shape index (κ3) is 1.34. The van der Waals surface area contributed by atoms with E-state index >= 15 is 0 Å². The third-order valence-corrected chi connectivity index (χ3v) is 3.46. The van der Waals surface area contributed by atoms with E-state index in [1.54, 1.807) is 12.1 Å². The fourth-order valence-corrected chi connectivity index (χ4v) is 2.84. The molecule has 3 rings (SSSR count). The van der Waals surface area contributed by atoms with Crippen LogP contribution in [-0.4, -0.2) is 25.2 Å². The Hall–Kier alpha value is -1.09. The maximum absolute atomic E-state index is 13.1. The van der Waals surface area contributed by atoms with Crippen molar-refractivity contribution in [2.45, 2.75) is 25.4 Å². The van der Waals surface area contributed by atoms with Crippen LogP contribution >= 0.6 is 0 Å². The minimum atomic E-state index is -0.116. The van der Waals surface area contributed by atoms with Gasteiger partial charge in [0.15, 0.2) is 0 Å². The number of piperazine rings is 1. The summed E-state index contributed by atoms with van der Waals surface area (Å²) >= 11 is 0. The first kappa shape index (κ1) is 9.16. The van der Waals surface area contributed by atoms with Crippen LogP contribution in [0.4, 0.5) is 10.1 Å². The van der Waals surface area contributed by atoms with E-state index in [4.69, 9.17) is 0 Å². The number of hydrogen-bond donors (Lipinski definition) is 1. The quantitative estimate of drug-likeness (QED) is 0.693. The van der Waals surface area contributed by atoms with Crippen molar-refractivity contribution in [3.63, 3.8) is 0 Å². The highest BCUT2D eigenvalue weighted by Gasteiger charge is 2.34. The highest BCUT2D eigenvalue weighted by Crippen LogP contribution is 2.35. The second-order valence-corrected chi connectivity index (χ2v) is 4.55. The van der Waals surface area contributed by atoms with E-state index in [-0.39, 0.29) is 5.82 Å². The topological polar surface area (TPSA) is 15.3 Å². The number of hydrogen-bond acceptors (Lipinski definition) is 2. The molecule has 0 saturated carbocycles. The van der Waals surface area contributed by atoms with Gasteiger partial charge in [-0.25, -0.2) is 4.39 Å². The van der Waals surface area contributed by atoms with Gasteiger partial charge in [0.05, 0.1) is 0 Å². The van der Waals surface area contributed by atoms with Gasteiger partial charge in [0, 0.05) is 30.9 Å². The van der Waals surface area contributed by atoms with Crippen molar-refractivity contribution in [2.24, 2.45) is 0 Å². The van der Waals surface area contributed by atoms with Gasteiger partial charge in [-0.05, 0) is 37.1 Å². The molecule has 2 nitrogen and oxygen atoms in total. The smallest absolute Gasteiger partial charge is 0.123 e. The molecule has 2 aliphatic rings. The van der Waals surface area contributed by atoms with Crippen LogP contribution in [0.2, 0.25) is 0 Å². The van der Waals surface area contributed by atoms with Crippen molar-refractivity contribution < 1.29 is 4.39 Å². The molecule has 0 aliphatic carbocycles. The first-order valence-electron chi connectivity index (χ1n) is 5.53. The lowest BCUT2D eigenvalue weighted by Crippen LogP contribution is -2.54. The maximum atomic E-state index is 13.1. The zero-order chi connectivity index (χ0) is 10.4. The van der Waals surface area contributed by atoms with E-state index in [2.05, 4.69) is 17.1 Å². The molecule has 3 heteroatoms. The largest absolute Gasteiger partial charge is 0.363 e. The third-order valence-electron chi connectivity index (χ3n) is 3.46. The van der Waals surface area contributed by atoms with Crippen molar-refractivity contribution in [1.29, 1.82) is 0 Å². The van der Waals surface area contributed by atoms with Crippen LogP contribution in [0.1, 0.15) is 12.5 Å². The van der Waals surface area contributed by atoms with Gasteiger partial charge in [0.2, 0.25) is 0 Å². The van der Waals surface area contributed by atoms with Gasteiger partial charge in [0.1, 0.15) is 5.82 Å². The van der Waals surface area contributed by atoms with E-state index in [0.29, 0.717) is 12.1 Å². The number of benzene rings is 1. The molecule has 0 amide bonds. The summed E-state index contributed by atoms with van der Waals surface area (Å²) in [5, 5.41) is 3.42. The minimum Gasteiger partial charge on any atom is -0.363 e. The lowest BCUT2D eigenvalue weighted by molar-refractivity contribution is 0.430. The maximum Gasteiger partial charge on any atom is 0.123 e. The van der Waals surface area contributed by atoms with Gasteiger partial charge in [-0.3, -0.25) is 0 Å². The molecule has 1 N–H and O–H groups in total. The Labute approximate surface area is 89.1 Å². The average molecular weight is 206 g/mol. The van der Waals surface area contributed by atoms with Crippen LogP contribution < -0.4 is 10.2 Å². The summed E-state index contributed by atoms with van der Waals surface area (Å²) in [6.45, 7) is 4.26. The molecule has 0 bridgehead atoms. The van der Waals surface area contributed by atoms with Crippen LogP contribution in [-0.2, 0) is 6.42 Å². The Morgan fingerprint density at radius 1 is 1.40 bits per heavy atom. The van der Waals surface area contributed by atoms with Crippen LogP contribution in [0.25, 0.3) is 0 Å². The second kappa shape index (κ2) is 3.20. The first-order chi connectivity index (χ1) is 7.25. The number of anilines is 1. The predicted molar refractivity (Wildman–Crippen MR) is 58.7 cm³/mol. The van der Waals surface area contributed by atoms with E-state index in [1.807, 2.05) is 6.07 Å². The summed E-state index contributed by atoms with van der Waals surface area (Å²) in [4.78, 5) is 2.44. The van der Waals surface area contributed by atoms with E-state index in [0.717, 1.165) is 25.1 Å². The van der Waals surface area contributed by atoms with Crippen molar-refractivity contribution >= 4 is 5.69 Å². The average Bonchev–Trinajstić information content (AvgIpc) is 2.56. The van der Waals surface area contributed by atoms with E-state index in [9.17, 15) is 4.39 Å². The van der Waals surface area contributed by atoms with Crippen LogP contribution in [0.3, 0.4) is 0 Å². The fraction of sp³-hybridized carbons (Fsp3) is 0.500. The molecular formula is C12H15FN2. The SMILES string of the molecule is CC1CNC[C@H]2Cc3cc(F)ccc3N12. The lowest BCUT2D eigenvalue weighted by atomic mass is 10.1. The van der Waals surface area contributed by atoms with Gasteiger partial charge in [-0.2, -0.15) is 0 Å². The van der Waals surface area contributed by atoms with Crippen molar-refractivity contribution in [3.05, 3.63) is 29.6 Å². The molecule has 1 fully saturated rings. The highest BCUT2D eigenvalue weighted by atomic mass is 19.1. The van der Waals surface area contributed by atoms with E-state index in [1.165, 1.54) is 5.69 Å². The van der Waals surface area contributed by atoms with Gasteiger partial charge in [-0.1, -0.05) is 0 Å². The number of nitrogens with one attached hydrogen (secondary N) is 1. The Bertz CT molecular complexity index is 391. The fourth-order valence-electron chi connectivity index (χ4n) is 2.84. The minimum absolute atomic E-state index is 0.116. The predicted octanol–water partition coefficient (Wildman–Crippen LogP) is 1.55. The van der Waals surface area contributed by atoms with Gasteiger partial charge in [-0.15, -0.1) is 0 Å². The van der Waals surface area contributed by atoms with Gasteiger partial charge >= 0.3 is 0 Å². The summed E-state index contributed by atoms with van der Waals surface area (Å²) in [6.07, 6.45) is 0.977. The van der Waals surface area contributed by atoms with E-state index < -0.39 is 0 Å². The molecular weight excluding hydrogens is 191 g/mol. The summed E-state index contributed by atoms with van der Waals surface area (Å²) < 4.78 is 13.1. The zero-order valence-corrected chi connectivity index (χ0v) is 8.83. The van der Waals surface area contributed by atoms with Gasteiger partial charge < -0.3 is 10.2 Å². The number of rotatable bonds is 0. The molecule has 0 radical (unpaired) electrons. The molecule has 1 aromatic rings. The molecule has 0 spiro atoms. The molecule has 2 aliphatic heterocycles. The molecule has 80 valence electrons. The second-order valence-electron chi connectivity index (χ2n) is 4.55. The Morgan fingerprint density at radius 3 is 3.13 bits per heavy atom. The summed E-state index contributed by atoms with van der Waals surface area (Å²) in [5.41, 5.74) is 2.39. The number of nitrogens with zero attached hydrogens (tertiary/aromatic N) is 1. The lowest BCUT2D eigenvalue weighted by Gasteiger charge is -2.38. The standard InChI is InChI=1S/C12H15FN2/c1-8-6-14-7-11-5-9-4-10(13)2-3-12(9)15(8)11/h2-4,8,11,14H,5-7H2,1H3/t8?,11-/m1/s1. The molecule has 0 aromatic heterocycles. The van der Waals surface area contributed by atoms with Gasteiger partial charge in [0.25, 0.3) is 0 Å². The highest BCUT2D eigenvalue weighted by molar-refractivity contribution is 5.61. The summed E-state index contributed by atoms with van der Waals surface area (Å²) in [7, 11) is 0. The summed E-state index contributed by atoms with van der Waals surface area (Å²) in [5.74, 6) is -0.116. The summed E-state index contributed by atoms with van der Waals surface area (Å²) in [6, 6.07) is 6.20. The monoisotopic (exact) mass is 206 g/mol. The molecule has 15 heavy (non-hydrogen) atoms. The molecule has 2 atom stereocenters. The Balaban J connectivity index is 2.03. The number of fused-ring (bicyclic) bond motifs is 3. The molecule has 2 heterocycles. The molecule has 1 unspecified atom stereocenters.